The second-order valence-corrected chi connectivity index (χ2v) is 4.99. The fraction of sp³-hybridized carbons (Fsp3) is 0.111. The lowest BCUT2D eigenvalue weighted by Gasteiger charge is -2.10. The number of pyridine rings is 1. The van der Waals surface area contributed by atoms with E-state index < -0.39 is 0 Å². The average Bonchev–Trinajstić information content (AvgIpc) is 2.48. The standard InChI is InChI=1S/C18H14N2O/c1-12-6-8-15(11-19)17(10-12)21-16-5-3-4-14-9-7-13(2)20-18(14)16/h3-10H,1-2H3. The molecule has 1 aromatic heterocycles. The van der Waals surface area contributed by atoms with Crippen molar-refractivity contribution in [2.75, 3.05) is 0 Å². The highest BCUT2D eigenvalue weighted by Gasteiger charge is 2.09. The van der Waals surface area contributed by atoms with Gasteiger partial charge in [-0.25, -0.2) is 4.98 Å². The maximum Gasteiger partial charge on any atom is 0.153 e. The van der Waals surface area contributed by atoms with Gasteiger partial charge >= 0.3 is 0 Å². The van der Waals surface area contributed by atoms with Crippen LogP contribution in [0.15, 0.2) is 48.5 Å². The number of ether oxygens (including phenoxy) is 1. The molecule has 3 nitrogen and oxygen atoms in total. The molecule has 0 saturated heterocycles. The summed E-state index contributed by atoms with van der Waals surface area (Å²) in [5.41, 5.74) is 3.31. The summed E-state index contributed by atoms with van der Waals surface area (Å²) in [7, 11) is 0. The van der Waals surface area contributed by atoms with Crippen LogP contribution < -0.4 is 4.74 Å². The number of aromatic nitrogens is 1. The van der Waals surface area contributed by atoms with Gasteiger partial charge in [-0.2, -0.15) is 5.26 Å². The first kappa shape index (κ1) is 13.1. The molecule has 2 aromatic carbocycles. The minimum atomic E-state index is 0.519. The third-order valence-corrected chi connectivity index (χ3v) is 3.30. The second kappa shape index (κ2) is 5.26. The molecule has 3 aromatic rings. The van der Waals surface area contributed by atoms with Gasteiger partial charge in [0.15, 0.2) is 5.75 Å². The molecule has 0 saturated carbocycles. The summed E-state index contributed by atoms with van der Waals surface area (Å²) in [5.74, 6) is 1.23. The Morgan fingerprint density at radius 1 is 1.00 bits per heavy atom. The molecule has 21 heavy (non-hydrogen) atoms. The van der Waals surface area contributed by atoms with E-state index in [1.807, 2.05) is 56.3 Å². The summed E-state index contributed by atoms with van der Waals surface area (Å²) in [6, 6.07) is 17.5. The highest BCUT2D eigenvalue weighted by atomic mass is 16.5. The Balaban J connectivity index is 2.13. The van der Waals surface area contributed by atoms with Crippen LogP contribution in [-0.2, 0) is 0 Å². The fourth-order valence-electron chi connectivity index (χ4n) is 2.22. The molecular weight excluding hydrogens is 260 g/mol. The number of aryl methyl sites for hydroxylation is 2. The number of fused-ring (bicyclic) bond motifs is 1. The van der Waals surface area contributed by atoms with Crippen molar-refractivity contribution in [2.24, 2.45) is 0 Å². The summed E-state index contributed by atoms with van der Waals surface area (Å²) >= 11 is 0. The van der Waals surface area contributed by atoms with Crippen LogP contribution in [0.5, 0.6) is 11.5 Å². The highest BCUT2D eigenvalue weighted by Crippen LogP contribution is 2.31. The third-order valence-electron chi connectivity index (χ3n) is 3.30. The van der Waals surface area contributed by atoms with E-state index >= 15 is 0 Å². The average molecular weight is 274 g/mol. The lowest BCUT2D eigenvalue weighted by Crippen LogP contribution is -1.92. The molecule has 1 heterocycles. The lowest BCUT2D eigenvalue weighted by molar-refractivity contribution is 0.485. The Morgan fingerprint density at radius 2 is 1.86 bits per heavy atom. The Kier molecular flexibility index (Phi) is 3.29. The molecule has 0 amide bonds. The fourth-order valence-corrected chi connectivity index (χ4v) is 2.22. The lowest BCUT2D eigenvalue weighted by atomic mass is 10.1. The van der Waals surface area contributed by atoms with Crippen molar-refractivity contribution in [3.63, 3.8) is 0 Å². The number of hydrogen-bond donors (Lipinski definition) is 0. The molecule has 0 aliphatic heterocycles. The van der Waals surface area contributed by atoms with E-state index in [2.05, 4.69) is 11.1 Å². The van der Waals surface area contributed by atoms with Crippen LogP contribution in [0.25, 0.3) is 10.9 Å². The summed E-state index contributed by atoms with van der Waals surface area (Å²) < 4.78 is 5.96. The number of nitriles is 1. The molecule has 0 atom stereocenters. The molecule has 0 aliphatic carbocycles. The summed E-state index contributed by atoms with van der Waals surface area (Å²) in [5, 5.41) is 10.2. The van der Waals surface area contributed by atoms with Crippen molar-refractivity contribution < 1.29 is 4.74 Å². The summed E-state index contributed by atoms with van der Waals surface area (Å²) in [6.45, 7) is 3.92. The van der Waals surface area contributed by atoms with Gasteiger partial charge in [0.05, 0.1) is 5.56 Å². The first-order valence-electron chi connectivity index (χ1n) is 6.72. The molecule has 0 N–H and O–H groups in total. The first-order chi connectivity index (χ1) is 10.2. The van der Waals surface area contributed by atoms with Crippen molar-refractivity contribution in [3.05, 3.63) is 65.4 Å². The maximum absolute atomic E-state index is 9.20. The molecule has 0 radical (unpaired) electrons. The van der Waals surface area contributed by atoms with Crippen LogP contribution in [0.2, 0.25) is 0 Å². The Morgan fingerprint density at radius 3 is 2.67 bits per heavy atom. The van der Waals surface area contributed by atoms with Crippen LogP contribution in [0.3, 0.4) is 0 Å². The number of rotatable bonds is 2. The van der Waals surface area contributed by atoms with Crippen LogP contribution >= 0.6 is 0 Å². The summed E-state index contributed by atoms with van der Waals surface area (Å²) in [4.78, 5) is 4.54. The zero-order valence-corrected chi connectivity index (χ0v) is 11.9. The minimum Gasteiger partial charge on any atom is -0.454 e. The van der Waals surface area contributed by atoms with Crippen LogP contribution in [-0.4, -0.2) is 4.98 Å². The monoisotopic (exact) mass is 274 g/mol. The van der Waals surface area contributed by atoms with E-state index in [9.17, 15) is 5.26 Å². The van der Waals surface area contributed by atoms with Gasteiger partial charge < -0.3 is 4.74 Å². The summed E-state index contributed by atoms with van der Waals surface area (Å²) in [6.07, 6.45) is 0. The minimum absolute atomic E-state index is 0.519. The van der Waals surface area contributed by atoms with Gasteiger partial charge in [0.1, 0.15) is 17.3 Å². The topological polar surface area (TPSA) is 45.9 Å². The van der Waals surface area contributed by atoms with E-state index in [0.29, 0.717) is 17.1 Å². The van der Waals surface area contributed by atoms with Gasteiger partial charge in [-0.1, -0.05) is 24.3 Å². The smallest absolute Gasteiger partial charge is 0.153 e. The second-order valence-electron chi connectivity index (χ2n) is 4.99. The quantitative estimate of drug-likeness (QED) is 0.690. The maximum atomic E-state index is 9.20. The zero-order chi connectivity index (χ0) is 14.8. The normalized spacial score (nSPS) is 10.3. The molecule has 0 bridgehead atoms. The molecule has 0 fully saturated rings. The predicted octanol–water partition coefficient (Wildman–Crippen LogP) is 4.52. The molecule has 0 unspecified atom stereocenters. The van der Waals surface area contributed by atoms with E-state index in [4.69, 9.17) is 4.74 Å². The van der Waals surface area contributed by atoms with Crippen LogP contribution in [0, 0.1) is 25.2 Å². The molecular formula is C18H14N2O. The largest absolute Gasteiger partial charge is 0.454 e. The van der Waals surface area contributed by atoms with Gasteiger partial charge in [0.2, 0.25) is 0 Å². The van der Waals surface area contributed by atoms with Gasteiger partial charge in [-0.05, 0) is 43.7 Å². The predicted molar refractivity (Wildman–Crippen MR) is 82.4 cm³/mol. The highest BCUT2D eigenvalue weighted by molar-refractivity contribution is 5.84. The Hall–Kier alpha value is -2.86. The van der Waals surface area contributed by atoms with Crippen molar-refractivity contribution >= 4 is 10.9 Å². The third kappa shape index (κ3) is 2.56. The van der Waals surface area contributed by atoms with Gasteiger partial charge in [0.25, 0.3) is 0 Å². The number of para-hydroxylation sites is 1. The Labute approximate surface area is 123 Å². The van der Waals surface area contributed by atoms with Crippen molar-refractivity contribution in [2.45, 2.75) is 13.8 Å². The molecule has 102 valence electrons. The molecule has 3 rings (SSSR count). The SMILES string of the molecule is Cc1ccc(C#N)c(Oc2cccc3ccc(C)nc23)c1. The molecule has 0 spiro atoms. The van der Waals surface area contributed by atoms with Gasteiger partial charge in [-0.3, -0.25) is 0 Å². The van der Waals surface area contributed by atoms with Crippen molar-refractivity contribution in [1.82, 2.24) is 4.98 Å². The van der Waals surface area contributed by atoms with E-state index in [1.165, 1.54) is 0 Å². The van der Waals surface area contributed by atoms with Gasteiger partial charge in [0, 0.05) is 11.1 Å². The zero-order valence-electron chi connectivity index (χ0n) is 11.9. The number of nitrogens with zero attached hydrogens (tertiary/aromatic N) is 2. The van der Waals surface area contributed by atoms with E-state index in [-0.39, 0.29) is 0 Å². The van der Waals surface area contributed by atoms with Crippen molar-refractivity contribution in [3.8, 4) is 17.6 Å². The van der Waals surface area contributed by atoms with E-state index in [0.717, 1.165) is 22.2 Å². The molecule has 3 heteroatoms. The Bertz CT molecular complexity index is 863. The van der Waals surface area contributed by atoms with E-state index in [1.54, 1.807) is 6.07 Å². The van der Waals surface area contributed by atoms with Gasteiger partial charge in [-0.15, -0.1) is 0 Å². The first-order valence-corrected chi connectivity index (χ1v) is 6.72. The van der Waals surface area contributed by atoms with Crippen molar-refractivity contribution in [1.29, 1.82) is 5.26 Å². The molecule has 0 aliphatic rings. The van der Waals surface area contributed by atoms with Crippen LogP contribution in [0.1, 0.15) is 16.8 Å². The van der Waals surface area contributed by atoms with Crippen LogP contribution in [0.4, 0.5) is 0 Å². The number of hydrogen-bond acceptors (Lipinski definition) is 3. The number of benzene rings is 2.